The van der Waals surface area contributed by atoms with E-state index in [2.05, 4.69) is 15.2 Å². The summed E-state index contributed by atoms with van der Waals surface area (Å²) in [7, 11) is 0. The van der Waals surface area contributed by atoms with Gasteiger partial charge in [-0.1, -0.05) is 35.3 Å². The van der Waals surface area contributed by atoms with Crippen LogP contribution in [-0.4, -0.2) is 39.8 Å². The Labute approximate surface area is 166 Å². The van der Waals surface area contributed by atoms with Gasteiger partial charge in [0.2, 0.25) is 0 Å². The molecule has 142 valence electrons. The zero-order valence-corrected chi connectivity index (χ0v) is 15.9. The van der Waals surface area contributed by atoms with Crippen molar-refractivity contribution in [2.24, 2.45) is 0 Å². The first-order chi connectivity index (χ1) is 12.9. The lowest BCUT2D eigenvalue weighted by Crippen LogP contribution is -2.44. The lowest BCUT2D eigenvalue weighted by Gasteiger charge is -2.32. The second-order valence-electron chi connectivity index (χ2n) is 6.42. The number of halogens is 2. The third kappa shape index (κ3) is 5.15. The summed E-state index contributed by atoms with van der Waals surface area (Å²) in [5, 5.41) is 14.2. The highest BCUT2D eigenvalue weighted by molar-refractivity contribution is 6.34. The van der Waals surface area contributed by atoms with Crippen molar-refractivity contribution in [2.45, 2.75) is 25.4 Å². The third-order valence-corrected chi connectivity index (χ3v) is 5.01. The molecule has 1 aliphatic heterocycles. The van der Waals surface area contributed by atoms with E-state index in [1.165, 1.54) is 12.1 Å². The van der Waals surface area contributed by atoms with Crippen LogP contribution in [0, 0.1) is 10.1 Å². The Hall–Kier alpha value is -2.22. The molecule has 0 atom stereocenters. The first kappa shape index (κ1) is 19.5. The van der Waals surface area contributed by atoms with Crippen molar-refractivity contribution in [1.82, 2.24) is 15.2 Å². The van der Waals surface area contributed by atoms with E-state index in [1.807, 2.05) is 6.07 Å². The Morgan fingerprint density at radius 3 is 2.67 bits per heavy atom. The number of nitrogens with one attached hydrogen (secondary N) is 1. The molecule has 1 fully saturated rings. The molecular weight excluding hydrogens is 391 g/mol. The fourth-order valence-electron chi connectivity index (χ4n) is 3.11. The number of likely N-dealkylation sites (tertiary alicyclic amines) is 1. The topological polar surface area (TPSA) is 88.4 Å². The van der Waals surface area contributed by atoms with Gasteiger partial charge >= 0.3 is 0 Å². The van der Waals surface area contributed by atoms with Crippen LogP contribution in [0.15, 0.2) is 36.4 Å². The van der Waals surface area contributed by atoms with E-state index in [4.69, 9.17) is 23.2 Å². The molecule has 3 rings (SSSR count). The number of hydrogen-bond acceptors (Lipinski definition) is 5. The van der Waals surface area contributed by atoms with Crippen molar-refractivity contribution in [2.75, 3.05) is 13.1 Å². The van der Waals surface area contributed by atoms with Gasteiger partial charge in [-0.2, -0.15) is 0 Å². The van der Waals surface area contributed by atoms with E-state index < -0.39 is 0 Å². The molecule has 1 saturated heterocycles. The first-order valence-corrected chi connectivity index (χ1v) is 9.26. The number of nitro groups is 1. The summed E-state index contributed by atoms with van der Waals surface area (Å²) in [4.78, 5) is 29.0. The molecule has 27 heavy (non-hydrogen) atoms. The smallest absolute Gasteiger partial charge is 0.269 e. The van der Waals surface area contributed by atoms with Crippen molar-refractivity contribution < 1.29 is 9.72 Å². The molecule has 9 heteroatoms. The summed E-state index contributed by atoms with van der Waals surface area (Å²) in [5.41, 5.74) is 1.31. The van der Waals surface area contributed by atoms with Gasteiger partial charge in [0.25, 0.3) is 11.6 Å². The van der Waals surface area contributed by atoms with Crippen molar-refractivity contribution in [1.29, 1.82) is 0 Å². The van der Waals surface area contributed by atoms with Gasteiger partial charge in [0.1, 0.15) is 10.3 Å². The molecule has 0 spiro atoms. The van der Waals surface area contributed by atoms with Crippen LogP contribution in [-0.2, 0) is 6.54 Å². The number of nitro benzene ring substituents is 1. The van der Waals surface area contributed by atoms with Crippen LogP contribution in [0.3, 0.4) is 0 Å². The van der Waals surface area contributed by atoms with E-state index >= 15 is 0 Å². The molecule has 0 bridgehead atoms. The van der Waals surface area contributed by atoms with Crippen LogP contribution in [0.5, 0.6) is 0 Å². The van der Waals surface area contributed by atoms with Crippen LogP contribution in [0.4, 0.5) is 5.69 Å². The fourth-order valence-corrected chi connectivity index (χ4v) is 3.54. The number of rotatable bonds is 5. The zero-order valence-electron chi connectivity index (χ0n) is 14.4. The average Bonchev–Trinajstić information content (AvgIpc) is 2.63. The molecule has 0 radical (unpaired) electrons. The minimum Gasteiger partial charge on any atom is -0.349 e. The highest BCUT2D eigenvalue weighted by Gasteiger charge is 2.22. The highest BCUT2D eigenvalue weighted by Crippen LogP contribution is 2.20. The maximum Gasteiger partial charge on any atom is 0.269 e. The number of carbonyl (C=O) groups is 1. The van der Waals surface area contributed by atoms with E-state index in [1.54, 1.807) is 18.2 Å². The minimum atomic E-state index is -0.387. The van der Waals surface area contributed by atoms with Crippen LogP contribution in [0.2, 0.25) is 10.3 Å². The van der Waals surface area contributed by atoms with E-state index in [9.17, 15) is 14.9 Å². The summed E-state index contributed by atoms with van der Waals surface area (Å²) in [6, 6.07) is 9.81. The van der Waals surface area contributed by atoms with E-state index in [0.29, 0.717) is 12.1 Å². The van der Waals surface area contributed by atoms with Crippen LogP contribution in [0.25, 0.3) is 0 Å². The van der Waals surface area contributed by atoms with Gasteiger partial charge in [0.05, 0.1) is 10.5 Å². The summed E-state index contributed by atoms with van der Waals surface area (Å²) >= 11 is 11.7. The minimum absolute atomic E-state index is 0.0469. The lowest BCUT2D eigenvalue weighted by atomic mass is 10.0. The SMILES string of the molecule is O=C(NC1CCN(Cc2cccc([N+](=O)[O-])c2)CC1)c1ccc(Cl)nc1Cl. The van der Waals surface area contributed by atoms with Crippen molar-refractivity contribution in [3.63, 3.8) is 0 Å². The number of aromatic nitrogens is 1. The van der Waals surface area contributed by atoms with Gasteiger partial charge < -0.3 is 5.32 Å². The fraction of sp³-hybridized carbons (Fsp3) is 0.333. The molecule has 2 aromatic rings. The summed E-state index contributed by atoms with van der Waals surface area (Å²) < 4.78 is 0. The molecule has 1 N–H and O–H groups in total. The Morgan fingerprint density at radius 2 is 2.00 bits per heavy atom. The third-order valence-electron chi connectivity index (χ3n) is 4.51. The molecule has 0 unspecified atom stereocenters. The molecule has 0 aliphatic carbocycles. The van der Waals surface area contributed by atoms with Crippen molar-refractivity contribution in [3.8, 4) is 0 Å². The maximum absolute atomic E-state index is 12.4. The highest BCUT2D eigenvalue weighted by atomic mass is 35.5. The first-order valence-electron chi connectivity index (χ1n) is 8.51. The number of pyridine rings is 1. The molecule has 1 aromatic carbocycles. The number of hydrogen-bond donors (Lipinski definition) is 1. The zero-order chi connectivity index (χ0) is 19.4. The number of nitrogens with zero attached hydrogens (tertiary/aromatic N) is 3. The predicted octanol–water partition coefficient (Wildman–Crippen LogP) is 3.69. The van der Waals surface area contributed by atoms with Crippen molar-refractivity contribution >= 4 is 34.8 Å². The Morgan fingerprint density at radius 1 is 1.26 bits per heavy atom. The van der Waals surface area contributed by atoms with Crippen LogP contribution >= 0.6 is 23.2 Å². The number of amides is 1. The summed E-state index contributed by atoms with van der Waals surface area (Å²) in [6.45, 7) is 2.23. The average molecular weight is 409 g/mol. The molecular formula is C18H18Cl2N4O3. The lowest BCUT2D eigenvalue weighted by molar-refractivity contribution is -0.384. The van der Waals surface area contributed by atoms with Gasteiger partial charge in [0, 0.05) is 37.8 Å². The second-order valence-corrected chi connectivity index (χ2v) is 7.17. The number of benzene rings is 1. The van der Waals surface area contributed by atoms with E-state index in [0.717, 1.165) is 31.5 Å². The molecule has 1 aromatic heterocycles. The molecule has 2 heterocycles. The Balaban J connectivity index is 1.52. The van der Waals surface area contributed by atoms with Crippen LogP contribution < -0.4 is 5.32 Å². The largest absolute Gasteiger partial charge is 0.349 e. The Bertz CT molecular complexity index is 854. The van der Waals surface area contributed by atoms with Gasteiger partial charge in [0.15, 0.2) is 0 Å². The standard InChI is InChI=1S/C18H18Cl2N4O3/c19-16-5-4-15(17(20)22-16)18(25)21-13-6-8-23(9-7-13)11-12-2-1-3-14(10-12)24(26)27/h1-5,10,13H,6-9,11H2,(H,21,25). The number of carbonyl (C=O) groups excluding carboxylic acids is 1. The van der Waals surface area contributed by atoms with Gasteiger partial charge in [-0.25, -0.2) is 4.98 Å². The van der Waals surface area contributed by atoms with Crippen molar-refractivity contribution in [3.05, 3.63) is 67.9 Å². The molecule has 0 saturated carbocycles. The molecule has 7 nitrogen and oxygen atoms in total. The predicted molar refractivity (Wildman–Crippen MR) is 103 cm³/mol. The summed E-state index contributed by atoms with van der Waals surface area (Å²) in [5.74, 6) is -0.263. The molecule has 1 amide bonds. The van der Waals surface area contributed by atoms with Crippen LogP contribution in [0.1, 0.15) is 28.8 Å². The number of piperidine rings is 1. The quantitative estimate of drug-likeness (QED) is 0.462. The monoisotopic (exact) mass is 408 g/mol. The maximum atomic E-state index is 12.4. The summed E-state index contributed by atoms with van der Waals surface area (Å²) in [6.07, 6.45) is 1.58. The Kier molecular flexibility index (Phi) is 6.26. The second kappa shape index (κ2) is 8.65. The van der Waals surface area contributed by atoms with Gasteiger partial charge in [-0.05, 0) is 30.5 Å². The molecule has 1 aliphatic rings. The normalized spacial score (nSPS) is 15.5. The van der Waals surface area contributed by atoms with Gasteiger partial charge in [-0.15, -0.1) is 0 Å². The van der Waals surface area contributed by atoms with Gasteiger partial charge in [-0.3, -0.25) is 19.8 Å². The number of non-ortho nitro benzene ring substituents is 1. The van der Waals surface area contributed by atoms with E-state index in [-0.39, 0.29) is 32.9 Å².